The van der Waals surface area contributed by atoms with E-state index in [1.807, 2.05) is 0 Å². The SMILES string of the molecule is CCC(CC)CC(NN)C1CC2CCC(C1)N2C. The fourth-order valence-corrected chi connectivity index (χ4v) is 4.16. The second-order valence-electron chi connectivity index (χ2n) is 6.47. The van der Waals surface area contributed by atoms with E-state index in [2.05, 4.69) is 31.2 Å². The average Bonchev–Trinajstić information content (AvgIpc) is 2.63. The summed E-state index contributed by atoms with van der Waals surface area (Å²) in [7, 11) is 2.31. The molecule has 0 spiro atoms. The zero-order valence-electron chi connectivity index (χ0n) is 12.4. The summed E-state index contributed by atoms with van der Waals surface area (Å²) in [5.74, 6) is 7.48. The first-order valence-electron chi connectivity index (χ1n) is 7.87. The third kappa shape index (κ3) is 2.89. The van der Waals surface area contributed by atoms with Crippen LogP contribution < -0.4 is 11.3 Å². The van der Waals surface area contributed by atoms with Gasteiger partial charge in [-0.05, 0) is 51.0 Å². The fraction of sp³-hybridized carbons (Fsp3) is 1.00. The van der Waals surface area contributed by atoms with Crippen LogP contribution in [-0.4, -0.2) is 30.1 Å². The predicted octanol–water partition coefficient (Wildman–Crippen LogP) is 2.52. The molecule has 3 atom stereocenters. The van der Waals surface area contributed by atoms with Crippen LogP contribution in [0.5, 0.6) is 0 Å². The van der Waals surface area contributed by atoms with Gasteiger partial charge in [-0.1, -0.05) is 26.7 Å². The highest BCUT2D eigenvalue weighted by molar-refractivity contribution is 4.96. The standard InChI is InChI=1S/C15H31N3/c1-4-11(5-2)8-15(17-16)12-9-13-6-7-14(10-12)18(13)3/h11-15,17H,4-10,16H2,1-3H3. The van der Waals surface area contributed by atoms with Crippen molar-refractivity contribution in [3.63, 3.8) is 0 Å². The van der Waals surface area contributed by atoms with E-state index >= 15 is 0 Å². The van der Waals surface area contributed by atoms with Crippen LogP contribution >= 0.6 is 0 Å². The first-order valence-corrected chi connectivity index (χ1v) is 7.87. The van der Waals surface area contributed by atoms with Crippen LogP contribution in [0.4, 0.5) is 0 Å². The van der Waals surface area contributed by atoms with E-state index in [4.69, 9.17) is 5.84 Å². The fourth-order valence-electron chi connectivity index (χ4n) is 4.16. The summed E-state index contributed by atoms with van der Waals surface area (Å²) in [5.41, 5.74) is 3.14. The number of hydrogen-bond acceptors (Lipinski definition) is 3. The predicted molar refractivity (Wildman–Crippen MR) is 77.1 cm³/mol. The van der Waals surface area contributed by atoms with Crippen molar-refractivity contribution in [2.24, 2.45) is 17.7 Å². The summed E-state index contributed by atoms with van der Waals surface area (Å²) < 4.78 is 0. The van der Waals surface area contributed by atoms with Gasteiger partial charge in [0.2, 0.25) is 0 Å². The molecule has 3 N–H and O–H groups in total. The zero-order valence-corrected chi connectivity index (χ0v) is 12.4. The van der Waals surface area contributed by atoms with Crippen LogP contribution in [0, 0.1) is 11.8 Å². The molecule has 2 aliphatic rings. The van der Waals surface area contributed by atoms with Crippen molar-refractivity contribution >= 4 is 0 Å². The highest BCUT2D eigenvalue weighted by Crippen LogP contribution is 2.39. The number of nitrogens with two attached hydrogens (primary N) is 1. The molecule has 0 aliphatic carbocycles. The Kier molecular flexibility index (Phi) is 5.05. The lowest BCUT2D eigenvalue weighted by molar-refractivity contribution is 0.104. The average molecular weight is 253 g/mol. The lowest BCUT2D eigenvalue weighted by Crippen LogP contribution is -2.49. The van der Waals surface area contributed by atoms with E-state index in [1.54, 1.807) is 0 Å². The lowest BCUT2D eigenvalue weighted by Gasteiger charge is -2.40. The van der Waals surface area contributed by atoms with Crippen molar-refractivity contribution in [2.75, 3.05) is 7.05 Å². The molecule has 0 saturated carbocycles. The molecule has 3 unspecified atom stereocenters. The Morgan fingerprint density at radius 3 is 2.17 bits per heavy atom. The van der Waals surface area contributed by atoms with Gasteiger partial charge in [-0.3, -0.25) is 11.3 Å². The molecular formula is C15H31N3. The van der Waals surface area contributed by atoms with Gasteiger partial charge in [0, 0.05) is 18.1 Å². The lowest BCUT2D eigenvalue weighted by atomic mass is 9.80. The quantitative estimate of drug-likeness (QED) is 0.564. The van der Waals surface area contributed by atoms with Crippen molar-refractivity contribution in [1.29, 1.82) is 0 Å². The number of hydrazine groups is 1. The Bertz CT molecular complexity index is 238. The summed E-state index contributed by atoms with van der Waals surface area (Å²) in [6.45, 7) is 4.61. The maximum absolute atomic E-state index is 5.84. The Morgan fingerprint density at radius 1 is 1.17 bits per heavy atom. The number of nitrogens with one attached hydrogen (secondary N) is 1. The molecule has 0 aromatic carbocycles. The summed E-state index contributed by atoms with van der Waals surface area (Å²) in [6.07, 6.45) is 9.34. The molecule has 2 fully saturated rings. The molecular weight excluding hydrogens is 222 g/mol. The molecule has 0 radical (unpaired) electrons. The van der Waals surface area contributed by atoms with Gasteiger partial charge in [0.15, 0.2) is 0 Å². The van der Waals surface area contributed by atoms with Crippen molar-refractivity contribution < 1.29 is 0 Å². The van der Waals surface area contributed by atoms with Crippen molar-refractivity contribution in [2.45, 2.75) is 76.9 Å². The Labute approximate surface area is 112 Å². The minimum atomic E-state index is 0.534. The van der Waals surface area contributed by atoms with Crippen LogP contribution in [-0.2, 0) is 0 Å². The second-order valence-corrected chi connectivity index (χ2v) is 6.47. The summed E-state index contributed by atoms with van der Waals surface area (Å²) in [6, 6.07) is 2.18. The molecule has 2 saturated heterocycles. The zero-order chi connectivity index (χ0) is 13.1. The molecule has 0 aromatic rings. The van der Waals surface area contributed by atoms with Crippen LogP contribution in [0.15, 0.2) is 0 Å². The topological polar surface area (TPSA) is 41.3 Å². The molecule has 2 aliphatic heterocycles. The smallest absolute Gasteiger partial charge is 0.0242 e. The van der Waals surface area contributed by atoms with Crippen molar-refractivity contribution in [1.82, 2.24) is 10.3 Å². The molecule has 2 bridgehead atoms. The van der Waals surface area contributed by atoms with Gasteiger partial charge < -0.3 is 4.90 Å². The maximum Gasteiger partial charge on any atom is 0.0242 e. The van der Waals surface area contributed by atoms with Gasteiger partial charge >= 0.3 is 0 Å². The van der Waals surface area contributed by atoms with Gasteiger partial charge in [-0.25, -0.2) is 0 Å². The molecule has 0 aromatic heterocycles. The van der Waals surface area contributed by atoms with Gasteiger partial charge in [-0.15, -0.1) is 0 Å². The summed E-state index contributed by atoms with van der Waals surface area (Å²) in [4.78, 5) is 2.61. The van der Waals surface area contributed by atoms with E-state index in [1.165, 1.54) is 44.9 Å². The number of fused-ring (bicyclic) bond motifs is 2. The first-order chi connectivity index (χ1) is 8.69. The number of hydrogen-bond donors (Lipinski definition) is 2. The number of nitrogens with zero attached hydrogens (tertiary/aromatic N) is 1. The Hall–Kier alpha value is -0.120. The van der Waals surface area contributed by atoms with E-state index in [0.29, 0.717) is 6.04 Å². The molecule has 3 nitrogen and oxygen atoms in total. The van der Waals surface area contributed by atoms with Crippen LogP contribution in [0.1, 0.15) is 58.8 Å². The van der Waals surface area contributed by atoms with Crippen LogP contribution in [0.3, 0.4) is 0 Å². The molecule has 106 valence electrons. The summed E-state index contributed by atoms with van der Waals surface area (Å²) >= 11 is 0. The first kappa shape index (κ1) is 14.3. The molecule has 18 heavy (non-hydrogen) atoms. The monoisotopic (exact) mass is 253 g/mol. The molecule has 2 heterocycles. The van der Waals surface area contributed by atoms with Crippen LogP contribution in [0.2, 0.25) is 0 Å². The number of rotatable bonds is 6. The van der Waals surface area contributed by atoms with Crippen molar-refractivity contribution in [3.05, 3.63) is 0 Å². The van der Waals surface area contributed by atoms with Crippen molar-refractivity contribution in [3.8, 4) is 0 Å². The third-order valence-electron chi connectivity index (χ3n) is 5.66. The third-order valence-corrected chi connectivity index (χ3v) is 5.66. The van der Waals surface area contributed by atoms with Gasteiger partial charge in [0.1, 0.15) is 0 Å². The van der Waals surface area contributed by atoms with Gasteiger partial charge in [0.05, 0.1) is 0 Å². The number of piperidine rings is 1. The highest BCUT2D eigenvalue weighted by atomic mass is 15.2. The Morgan fingerprint density at radius 2 is 1.72 bits per heavy atom. The maximum atomic E-state index is 5.84. The van der Waals surface area contributed by atoms with E-state index in [-0.39, 0.29) is 0 Å². The molecule has 3 heteroatoms. The second kappa shape index (κ2) is 6.36. The van der Waals surface area contributed by atoms with Crippen LogP contribution in [0.25, 0.3) is 0 Å². The normalized spacial score (nSPS) is 34.2. The minimum Gasteiger partial charge on any atom is -0.300 e. The molecule has 2 rings (SSSR count). The minimum absolute atomic E-state index is 0.534. The van der Waals surface area contributed by atoms with E-state index in [0.717, 1.165) is 23.9 Å². The van der Waals surface area contributed by atoms with Gasteiger partial charge in [0.25, 0.3) is 0 Å². The highest BCUT2D eigenvalue weighted by Gasteiger charge is 2.40. The molecule has 0 amide bonds. The Balaban J connectivity index is 1.93. The van der Waals surface area contributed by atoms with E-state index in [9.17, 15) is 0 Å². The largest absolute Gasteiger partial charge is 0.300 e. The van der Waals surface area contributed by atoms with E-state index < -0.39 is 0 Å². The summed E-state index contributed by atoms with van der Waals surface area (Å²) in [5, 5.41) is 0. The van der Waals surface area contributed by atoms with Gasteiger partial charge in [-0.2, -0.15) is 0 Å².